The Bertz CT molecular complexity index is 424. The van der Waals surface area contributed by atoms with Crippen molar-refractivity contribution in [1.29, 1.82) is 0 Å². The average molecular weight is 264 g/mol. The number of rotatable bonds is 1. The molecular formula is C13H16N2O2S. The number of hydrogen-bond donors (Lipinski definition) is 0. The molecule has 3 heterocycles. The fourth-order valence-electron chi connectivity index (χ4n) is 2.60. The van der Waals surface area contributed by atoms with Gasteiger partial charge in [-0.15, -0.1) is 0 Å². The van der Waals surface area contributed by atoms with E-state index in [1.165, 1.54) is 0 Å². The Kier molecular flexibility index (Phi) is 3.52. The van der Waals surface area contributed by atoms with Crippen LogP contribution in [0.4, 0.5) is 0 Å². The molecule has 1 amide bonds. The molecule has 18 heavy (non-hydrogen) atoms. The zero-order valence-corrected chi connectivity index (χ0v) is 10.9. The number of carbonyl (C=O) groups excluding carboxylic acids is 1. The maximum Gasteiger partial charge on any atom is 0.254 e. The zero-order chi connectivity index (χ0) is 12.4. The molecule has 3 rings (SSSR count). The van der Waals surface area contributed by atoms with Crippen molar-refractivity contribution in [2.24, 2.45) is 0 Å². The van der Waals surface area contributed by atoms with Crippen LogP contribution in [0, 0.1) is 0 Å². The Morgan fingerprint density at radius 1 is 1.44 bits per heavy atom. The molecule has 4 nitrogen and oxygen atoms in total. The SMILES string of the molecule is O=C(c1ccncc1)N1CCSC2COCCC21. The zero-order valence-electron chi connectivity index (χ0n) is 10.1. The molecule has 2 aliphatic rings. The second kappa shape index (κ2) is 5.28. The van der Waals surface area contributed by atoms with Gasteiger partial charge in [0.1, 0.15) is 0 Å². The third kappa shape index (κ3) is 2.24. The molecule has 1 aromatic rings. The molecule has 2 unspecified atom stereocenters. The van der Waals surface area contributed by atoms with E-state index in [9.17, 15) is 4.79 Å². The number of pyridine rings is 1. The summed E-state index contributed by atoms with van der Waals surface area (Å²) in [5, 5.41) is 0.443. The quantitative estimate of drug-likeness (QED) is 0.769. The summed E-state index contributed by atoms with van der Waals surface area (Å²) in [6, 6.07) is 3.91. The van der Waals surface area contributed by atoms with Gasteiger partial charge in [0.2, 0.25) is 0 Å². The van der Waals surface area contributed by atoms with Crippen LogP contribution < -0.4 is 0 Å². The van der Waals surface area contributed by atoms with Crippen LogP contribution in [0.3, 0.4) is 0 Å². The summed E-state index contributed by atoms with van der Waals surface area (Å²) in [5.41, 5.74) is 0.738. The Labute approximate surface area is 111 Å². The van der Waals surface area contributed by atoms with Crippen LogP contribution in [0.25, 0.3) is 0 Å². The van der Waals surface area contributed by atoms with Gasteiger partial charge in [-0.1, -0.05) is 0 Å². The molecular weight excluding hydrogens is 248 g/mol. The lowest BCUT2D eigenvalue weighted by Crippen LogP contribution is -2.54. The average Bonchev–Trinajstić information content (AvgIpc) is 2.47. The summed E-state index contributed by atoms with van der Waals surface area (Å²) < 4.78 is 5.50. The van der Waals surface area contributed by atoms with Crippen molar-refractivity contribution in [2.45, 2.75) is 17.7 Å². The first-order valence-corrected chi connectivity index (χ1v) is 7.31. The van der Waals surface area contributed by atoms with Crippen molar-refractivity contribution >= 4 is 17.7 Å². The second-order valence-corrected chi connectivity index (χ2v) is 5.92. The molecule has 0 saturated carbocycles. The van der Waals surface area contributed by atoms with Gasteiger partial charge in [-0.25, -0.2) is 0 Å². The predicted octanol–water partition coefficient (Wildman–Crippen LogP) is 1.43. The van der Waals surface area contributed by atoms with E-state index in [2.05, 4.69) is 4.98 Å². The van der Waals surface area contributed by atoms with Crippen LogP contribution in [0.2, 0.25) is 0 Å². The third-order valence-corrected chi connectivity index (χ3v) is 4.82. The van der Waals surface area contributed by atoms with Crippen molar-refractivity contribution in [3.05, 3.63) is 30.1 Å². The summed E-state index contributed by atoms with van der Waals surface area (Å²) in [6.07, 6.45) is 4.30. The minimum Gasteiger partial charge on any atom is -0.380 e. The Morgan fingerprint density at radius 3 is 3.11 bits per heavy atom. The molecule has 2 fully saturated rings. The smallest absolute Gasteiger partial charge is 0.254 e. The van der Waals surface area contributed by atoms with Crippen molar-refractivity contribution in [3.8, 4) is 0 Å². The number of thioether (sulfide) groups is 1. The molecule has 2 aliphatic heterocycles. The maximum atomic E-state index is 12.5. The van der Waals surface area contributed by atoms with Gasteiger partial charge < -0.3 is 9.64 Å². The molecule has 0 aliphatic carbocycles. The number of hydrogen-bond acceptors (Lipinski definition) is 4. The predicted molar refractivity (Wildman–Crippen MR) is 70.7 cm³/mol. The van der Waals surface area contributed by atoms with Crippen LogP contribution in [0.1, 0.15) is 16.8 Å². The summed E-state index contributed by atoms with van der Waals surface area (Å²) in [6.45, 7) is 2.38. The van der Waals surface area contributed by atoms with Crippen LogP contribution in [-0.4, -0.2) is 52.6 Å². The highest BCUT2D eigenvalue weighted by atomic mass is 32.2. The first-order chi connectivity index (χ1) is 8.86. The van der Waals surface area contributed by atoms with E-state index in [0.717, 1.165) is 37.5 Å². The van der Waals surface area contributed by atoms with Crippen molar-refractivity contribution < 1.29 is 9.53 Å². The van der Waals surface area contributed by atoms with Gasteiger partial charge in [0.05, 0.1) is 6.61 Å². The van der Waals surface area contributed by atoms with Gasteiger partial charge in [-0.2, -0.15) is 11.8 Å². The molecule has 0 aromatic carbocycles. The Hall–Kier alpha value is -1.07. The molecule has 2 atom stereocenters. The standard InChI is InChI=1S/C13H16N2O2S/c16-13(10-1-4-14-5-2-10)15-6-8-18-12-9-17-7-3-11(12)15/h1-2,4-5,11-12H,3,6-9H2. The van der Waals surface area contributed by atoms with Gasteiger partial charge >= 0.3 is 0 Å². The summed E-state index contributed by atoms with van der Waals surface area (Å²) in [7, 11) is 0. The normalized spacial score (nSPS) is 27.7. The minimum atomic E-state index is 0.134. The number of nitrogens with zero attached hydrogens (tertiary/aromatic N) is 2. The third-order valence-electron chi connectivity index (χ3n) is 3.52. The minimum absolute atomic E-state index is 0.134. The second-order valence-electron chi connectivity index (χ2n) is 4.57. The largest absolute Gasteiger partial charge is 0.380 e. The molecule has 0 spiro atoms. The molecule has 96 valence electrons. The van der Waals surface area contributed by atoms with Crippen LogP contribution in [-0.2, 0) is 4.74 Å². The van der Waals surface area contributed by atoms with E-state index in [0.29, 0.717) is 11.3 Å². The van der Waals surface area contributed by atoms with Crippen molar-refractivity contribution in [1.82, 2.24) is 9.88 Å². The number of amides is 1. The first kappa shape index (κ1) is 12.0. The van der Waals surface area contributed by atoms with Crippen molar-refractivity contribution in [2.75, 3.05) is 25.5 Å². The Morgan fingerprint density at radius 2 is 2.28 bits per heavy atom. The molecule has 5 heteroatoms. The van der Waals surface area contributed by atoms with Gasteiger partial charge in [-0.3, -0.25) is 9.78 Å². The fourth-order valence-corrected chi connectivity index (χ4v) is 3.90. The molecule has 0 bridgehead atoms. The van der Waals surface area contributed by atoms with Crippen LogP contribution in [0.15, 0.2) is 24.5 Å². The summed E-state index contributed by atoms with van der Waals surface area (Å²) >= 11 is 1.93. The van der Waals surface area contributed by atoms with E-state index in [1.807, 2.05) is 16.7 Å². The van der Waals surface area contributed by atoms with E-state index in [4.69, 9.17) is 4.74 Å². The van der Waals surface area contributed by atoms with Crippen LogP contribution >= 0.6 is 11.8 Å². The van der Waals surface area contributed by atoms with E-state index < -0.39 is 0 Å². The molecule has 2 saturated heterocycles. The lowest BCUT2D eigenvalue weighted by molar-refractivity contribution is 0.0319. The molecule has 0 N–H and O–H groups in total. The van der Waals surface area contributed by atoms with E-state index in [1.54, 1.807) is 24.5 Å². The fraction of sp³-hybridized carbons (Fsp3) is 0.538. The molecule has 1 aromatic heterocycles. The summed E-state index contributed by atoms with van der Waals surface area (Å²) in [4.78, 5) is 18.5. The monoisotopic (exact) mass is 264 g/mol. The highest BCUT2D eigenvalue weighted by Crippen LogP contribution is 2.31. The van der Waals surface area contributed by atoms with Gasteiger partial charge in [0.25, 0.3) is 5.91 Å². The lowest BCUT2D eigenvalue weighted by Gasteiger charge is -2.43. The van der Waals surface area contributed by atoms with Gasteiger partial charge in [0, 0.05) is 48.2 Å². The van der Waals surface area contributed by atoms with Gasteiger partial charge in [0.15, 0.2) is 0 Å². The number of ether oxygens (including phenoxy) is 1. The van der Waals surface area contributed by atoms with E-state index in [-0.39, 0.29) is 5.91 Å². The Balaban J connectivity index is 1.80. The van der Waals surface area contributed by atoms with Crippen molar-refractivity contribution in [3.63, 3.8) is 0 Å². The number of aromatic nitrogens is 1. The summed E-state index contributed by atoms with van der Waals surface area (Å²) in [5.74, 6) is 1.14. The first-order valence-electron chi connectivity index (χ1n) is 6.26. The van der Waals surface area contributed by atoms with Crippen LogP contribution in [0.5, 0.6) is 0 Å². The number of fused-ring (bicyclic) bond motifs is 1. The maximum absolute atomic E-state index is 12.5. The highest BCUT2D eigenvalue weighted by molar-refractivity contribution is 8.00. The number of carbonyl (C=O) groups is 1. The van der Waals surface area contributed by atoms with Gasteiger partial charge in [-0.05, 0) is 18.6 Å². The lowest BCUT2D eigenvalue weighted by atomic mass is 10.0. The highest BCUT2D eigenvalue weighted by Gasteiger charge is 2.37. The topological polar surface area (TPSA) is 42.4 Å². The van der Waals surface area contributed by atoms with E-state index >= 15 is 0 Å². The molecule has 0 radical (unpaired) electrons.